The molecule has 0 saturated carbocycles. The number of aliphatic hydroxyl groups excluding tert-OH is 1. The Kier molecular flexibility index (Phi) is 10.9. The fourth-order valence-electron chi connectivity index (χ4n) is 5.35. The van der Waals surface area contributed by atoms with E-state index in [0.717, 1.165) is 24.6 Å². The molecule has 1 aliphatic rings. The molecule has 5 atom stereocenters. The van der Waals surface area contributed by atoms with Crippen molar-refractivity contribution in [1.29, 1.82) is 0 Å². The number of nitrogen functional groups attached to an aromatic ring is 1. The largest absolute Gasteiger partial charge is 0.465 e. The van der Waals surface area contributed by atoms with Crippen LogP contribution < -0.4 is 15.3 Å². The van der Waals surface area contributed by atoms with E-state index >= 15 is 0 Å². The van der Waals surface area contributed by atoms with Gasteiger partial charge in [0.1, 0.15) is 17.9 Å². The van der Waals surface area contributed by atoms with Gasteiger partial charge in [-0.1, -0.05) is 70.0 Å². The lowest BCUT2D eigenvalue weighted by Crippen LogP contribution is -2.39. The van der Waals surface area contributed by atoms with Crippen LogP contribution in [0.5, 0.6) is 5.75 Å². The van der Waals surface area contributed by atoms with Crippen LogP contribution in [0.15, 0.2) is 48.8 Å². The van der Waals surface area contributed by atoms with Gasteiger partial charge in [0.05, 0.1) is 25.6 Å². The van der Waals surface area contributed by atoms with Gasteiger partial charge >= 0.3 is 19.8 Å². The lowest BCUT2D eigenvalue weighted by atomic mass is 10.1. The van der Waals surface area contributed by atoms with Crippen LogP contribution in [0.4, 0.5) is 10.2 Å². The van der Waals surface area contributed by atoms with Crippen LogP contribution in [0, 0.1) is 12.0 Å². The number of fused-ring (bicyclic) bond motifs is 2. The van der Waals surface area contributed by atoms with E-state index in [9.17, 15) is 18.9 Å². The van der Waals surface area contributed by atoms with Crippen molar-refractivity contribution in [2.24, 2.45) is 5.92 Å². The van der Waals surface area contributed by atoms with Crippen molar-refractivity contribution < 1.29 is 37.4 Å². The van der Waals surface area contributed by atoms with Gasteiger partial charge < -0.3 is 24.8 Å². The van der Waals surface area contributed by atoms with E-state index in [-0.39, 0.29) is 42.5 Å². The SMILES string of the molecule is CCCCCOC(=O)[C@H](CC(C)C)NP(=O)(OC[C@@H]1CC(O)[C@H](n2cnc3c(N)nc(F)nc32)O1)Oc1cccc2ccccc12. The highest BCUT2D eigenvalue weighted by Crippen LogP contribution is 2.48. The topological polar surface area (TPSA) is 173 Å². The van der Waals surface area contributed by atoms with E-state index in [1.807, 2.05) is 44.2 Å². The fraction of sp³-hybridized carbons (Fsp3) is 0.484. The summed E-state index contributed by atoms with van der Waals surface area (Å²) in [4.78, 5) is 24.6. The molecule has 4 N–H and O–H groups in total. The Balaban J connectivity index is 1.37. The Morgan fingerprint density at radius 3 is 2.78 bits per heavy atom. The maximum absolute atomic E-state index is 14.5. The van der Waals surface area contributed by atoms with Gasteiger partial charge in [-0.2, -0.15) is 19.4 Å². The molecule has 1 saturated heterocycles. The van der Waals surface area contributed by atoms with E-state index in [1.165, 1.54) is 10.9 Å². The van der Waals surface area contributed by atoms with E-state index in [0.29, 0.717) is 17.6 Å². The Labute approximate surface area is 266 Å². The van der Waals surface area contributed by atoms with Crippen LogP contribution in [0.2, 0.25) is 0 Å². The van der Waals surface area contributed by atoms with Crippen LogP contribution in [0.25, 0.3) is 21.9 Å². The maximum atomic E-state index is 14.5. The molecule has 0 radical (unpaired) electrons. The summed E-state index contributed by atoms with van der Waals surface area (Å²) in [6, 6.07) is 11.8. The predicted octanol–water partition coefficient (Wildman–Crippen LogP) is 5.29. The third kappa shape index (κ3) is 7.99. The summed E-state index contributed by atoms with van der Waals surface area (Å²) in [6.07, 6.45) is 0.442. The molecule has 0 amide bonds. The molecule has 1 aliphatic heterocycles. The highest BCUT2D eigenvalue weighted by molar-refractivity contribution is 7.52. The third-order valence-corrected chi connectivity index (χ3v) is 9.11. The summed E-state index contributed by atoms with van der Waals surface area (Å²) in [5.41, 5.74) is 5.99. The number of ether oxygens (including phenoxy) is 2. The van der Waals surface area contributed by atoms with Crippen molar-refractivity contribution in [1.82, 2.24) is 24.6 Å². The Morgan fingerprint density at radius 1 is 1.22 bits per heavy atom. The van der Waals surface area contributed by atoms with E-state index < -0.39 is 44.3 Å². The molecule has 5 rings (SSSR count). The van der Waals surface area contributed by atoms with Crippen molar-refractivity contribution in [3.05, 3.63) is 54.9 Å². The van der Waals surface area contributed by atoms with E-state index in [2.05, 4.69) is 27.0 Å². The summed E-state index contributed by atoms with van der Waals surface area (Å²) in [5.74, 6) is -0.356. The Morgan fingerprint density at radius 2 is 2.00 bits per heavy atom. The number of carbonyl (C=O) groups excluding carboxylic acids is 1. The smallest absolute Gasteiger partial charge is 0.459 e. The van der Waals surface area contributed by atoms with Crippen LogP contribution in [-0.4, -0.2) is 62.1 Å². The van der Waals surface area contributed by atoms with Gasteiger partial charge in [0.15, 0.2) is 23.2 Å². The van der Waals surface area contributed by atoms with E-state index in [1.54, 1.807) is 12.1 Å². The Hall–Kier alpha value is -3.68. The summed E-state index contributed by atoms with van der Waals surface area (Å²) in [6.45, 7) is 5.90. The molecular formula is C31H40FN6O7P. The number of hydrogen-bond donors (Lipinski definition) is 3. The molecule has 0 spiro atoms. The van der Waals surface area contributed by atoms with Crippen molar-refractivity contribution in [3.8, 4) is 5.75 Å². The number of esters is 1. The Bertz CT molecular complexity index is 1700. The minimum absolute atomic E-state index is 0.0495. The van der Waals surface area contributed by atoms with E-state index in [4.69, 9.17) is 24.3 Å². The monoisotopic (exact) mass is 658 g/mol. The molecule has 0 aliphatic carbocycles. The second-order valence-electron chi connectivity index (χ2n) is 11.7. The quantitative estimate of drug-likeness (QED) is 0.0653. The van der Waals surface area contributed by atoms with Crippen LogP contribution in [0.1, 0.15) is 59.1 Å². The molecule has 0 bridgehead atoms. The van der Waals surface area contributed by atoms with Gasteiger partial charge in [0.2, 0.25) is 0 Å². The number of carbonyl (C=O) groups is 1. The first kappa shape index (κ1) is 33.7. The van der Waals surface area contributed by atoms with Crippen LogP contribution >= 0.6 is 7.75 Å². The second-order valence-corrected chi connectivity index (χ2v) is 13.4. The molecule has 46 heavy (non-hydrogen) atoms. The number of nitrogens with zero attached hydrogens (tertiary/aromatic N) is 4. The van der Waals surface area contributed by atoms with Crippen LogP contribution in [0.3, 0.4) is 0 Å². The first-order valence-corrected chi connectivity index (χ1v) is 17.0. The number of benzene rings is 2. The number of hydrogen-bond acceptors (Lipinski definition) is 11. The first-order valence-electron chi connectivity index (χ1n) is 15.4. The number of imidazole rings is 1. The average molecular weight is 659 g/mol. The molecule has 15 heteroatoms. The highest BCUT2D eigenvalue weighted by Gasteiger charge is 2.40. The fourth-order valence-corrected chi connectivity index (χ4v) is 6.90. The molecule has 3 heterocycles. The summed E-state index contributed by atoms with van der Waals surface area (Å²) < 4.78 is 53.5. The van der Waals surface area contributed by atoms with Gasteiger partial charge in [0, 0.05) is 11.8 Å². The standard InChI is InChI=1S/C31H40FN6O7P/c1-4-5-8-14-42-30(40)23(15-19(2)3)37-46(41,45-25-13-9-11-20-10-6-7-12-22(20)25)43-17-21-16-24(39)29(44-21)38-18-34-26-27(33)35-31(32)36-28(26)38/h6-7,9-13,18-19,21,23-24,29,39H,4-5,8,14-17H2,1-3H3,(H,37,41)(H2,33,35,36)/t21-,23-,24?,29+,46?/m0/s1. The van der Waals surface area contributed by atoms with Gasteiger partial charge in [0.25, 0.3) is 0 Å². The third-order valence-electron chi connectivity index (χ3n) is 7.56. The molecule has 248 valence electrons. The van der Waals surface area contributed by atoms with Gasteiger partial charge in [-0.05, 0) is 30.2 Å². The minimum atomic E-state index is -4.28. The molecule has 13 nitrogen and oxygen atoms in total. The van der Waals surface area contributed by atoms with Crippen molar-refractivity contribution in [2.75, 3.05) is 18.9 Å². The van der Waals surface area contributed by atoms with Gasteiger partial charge in [-0.25, -0.2) is 9.55 Å². The predicted molar refractivity (Wildman–Crippen MR) is 169 cm³/mol. The normalized spacial score (nSPS) is 20.3. The number of rotatable bonds is 15. The molecule has 2 aromatic heterocycles. The summed E-state index contributed by atoms with van der Waals surface area (Å²) in [5, 5.41) is 15.3. The molecular weight excluding hydrogens is 618 g/mol. The lowest BCUT2D eigenvalue weighted by Gasteiger charge is -2.27. The zero-order valence-corrected chi connectivity index (χ0v) is 26.9. The molecule has 1 fully saturated rings. The van der Waals surface area contributed by atoms with Gasteiger partial charge in [-0.15, -0.1) is 0 Å². The van der Waals surface area contributed by atoms with Crippen molar-refractivity contribution >= 4 is 41.5 Å². The van der Waals surface area contributed by atoms with Gasteiger partial charge in [-0.3, -0.25) is 13.9 Å². The molecule has 4 aromatic rings. The number of nitrogens with one attached hydrogen (secondary N) is 1. The first-order chi connectivity index (χ1) is 22.1. The molecule has 2 unspecified atom stereocenters. The zero-order valence-electron chi connectivity index (χ0n) is 26.0. The minimum Gasteiger partial charge on any atom is -0.465 e. The van der Waals surface area contributed by atoms with Crippen LogP contribution in [-0.2, 0) is 23.4 Å². The zero-order chi connectivity index (χ0) is 32.8. The second kappa shape index (κ2) is 14.8. The highest BCUT2D eigenvalue weighted by atomic mass is 31.2. The maximum Gasteiger partial charge on any atom is 0.459 e. The van der Waals surface area contributed by atoms with Crippen molar-refractivity contribution in [3.63, 3.8) is 0 Å². The number of aromatic nitrogens is 4. The number of nitrogens with two attached hydrogens (primary N) is 1. The summed E-state index contributed by atoms with van der Waals surface area (Å²) in [7, 11) is -4.28. The van der Waals surface area contributed by atoms with Crippen molar-refractivity contribution in [2.45, 2.75) is 77.4 Å². The number of anilines is 1. The number of aliphatic hydroxyl groups is 1. The number of halogens is 1. The number of unbranched alkanes of at least 4 members (excludes halogenated alkanes) is 2. The summed E-state index contributed by atoms with van der Waals surface area (Å²) >= 11 is 0. The average Bonchev–Trinajstić information content (AvgIpc) is 3.60. The molecule has 2 aromatic carbocycles. The lowest BCUT2D eigenvalue weighted by molar-refractivity contribution is -0.146.